The number of Topliss-reactive ketones (excluding diaryl/α,β-unsaturated/α-hetero) is 1. The average Bonchev–Trinajstić information content (AvgIpc) is 2.76. The van der Waals surface area contributed by atoms with Gasteiger partial charge < -0.3 is 14.9 Å². The first kappa shape index (κ1) is 23.1. The fraction of sp³-hybridized carbons (Fsp3) is 0.208. The summed E-state index contributed by atoms with van der Waals surface area (Å²) in [5, 5.41) is 18.5. The number of aromatic hydroxyl groups is 1. The number of carbonyl (C=O) groups excluding carboxylic acids is 1. The highest BCUT2D eigenvalue weighted by Crippen LogP contribution is 2.17. The van der Waals surface area contributed by atoms with Crippen LogP contribution < -0.4 is 0 Å². The van der Waals surface area contributed by atoms with E-state index in [0.29, 0.717) is 16.9 Å². The van der Waals surface area contributed by atoms with Crippen molar-refractivity contribution >= 4 is 5.78 Å². The number of aliphatic hydroxyl groups excluding tert-OH is 1. The van der Waals surface area contributed by atoms with Gasteiger partial charge in [-0.25, -0.2) is 0 Å². The Kier molecular flexibility index (Phi) is 11.7. The minimum absolute atomic E-state index is 0.271. The number of hydrogen-bond acceptors (Lipinski definition) is 4. The lowest BCUT2D eigenvalue weighted by Gasteiger charge is -2.09. The van der Waals surface area contributed by atoms with Crippen LogP contribution in [0.3, 0.4) is 0 Å². The van der Waals surface area contributed by atoms with Gasteiger partial charge in [0.2, 0.25) is 0 Å². The molecule has 0 aliphatic heterocycles. The zero-order valence-electron chi connectivity index (χ0n) is 16.4. The summed E-state index contributed by atoms with van der Waals surface area (Å²) in [6.07, 6.45) is -1.08. The van der Waals surface area contributed by atoms with Gasteiger partial charge in [-0.2, -0.15) is 0 Å². The van der Waals surface area contributed by atoms with Crippen LogP contribution in [0.25, 0.3) is 0 Å². The zero-order chi connectivity index (χ0) is 20.6. The molecule has 0 amide bonds. The summed E-state index contributed by atoms with van der Waals surface area (Å²) in [5.74, 6) is 0.0503. The molecule has 0 aromatic heterocycles. The van der Waals surface area contributed by atoms with Gasteiger partial charge in [0.05, 0.1) is 0 Å². The quantitative estimate of drug-likeness (QED) is 0.609. The Labute approximate surface area is 167 Å². The summed E-state index contributed by atoms with van der Waals surface area (Å²) in [5.41, 5.74) is 1.15. The highest BCUT2D eigenvalue weighted by atomic mass is 16.5. The van der Waals surface area contributed by atoms with Crippen molar-refractivity contribution < 1.29 is 19.7 Å². The number of phenolic OH excluding ortho intramolecular Hbond substituents is 1. The first-order chi connectivity index (χ1) is 13.6. The maximum absolute atomic E-state index is 11.9. The Bertz CT molecular complexity index is 756. The number of benzene rings is 3. The van der Waals surface area contributed by atoms with Crippen molar-refractivity contribution in [2.24, 2.45) is 0 Å². The largest absolute Gasteiger partial charge is 0.508 e. The monoisotopic (exact) mass is 380 g/mol. The van der Waals surface area contributed by atoms with E-state index in [1.165, 1.54) is 0 Å². The van der Waals surface area contributed by atoms with Crippen molar-refractivity contribution in [1.29, 1.82) is 0 Å². The lowest BCUT2D eigenvalue weighted by atomic mass is 10.0. The maximum Gasteiger partial charge on any atom is 0.195 e. The molecule has 1 unspecified atom stereocenters. The molecule has 0 saturated carbocycles. The SMILES string of the molecule is CCOCC.O=C(c1ccccc1)C(O)c1ccccc1.Oc1ccccc1. The molecule has 0 heterocycles. The number of phenols is 1. The molecule has 4 nitrogen and oxygen atoms in total. The molecular formula is C24H28O4. The number of para-hydroxylation sites is 1. The van der Waals surface area contributed by atoms with E-state index in [0.717, 1.165) is 13.2 Å². The van der Waals surface area contributed by atoms with Crippen LogP contribution in [0, 0.1) is 0 Å². The van der Waals surface area contributed by atoms with Crippen LogP contribution in [-0.2, 0) is 4.74 Å². The van der Waals surface area contributed by atoms with Gasteiger partial charge in [-0.1, -0.05) is 78.9 Å². The molecule has 0 aliphatic rings. The van der Waals surface area contributed by atoms with E-state index >= 15 is 0 Å². The summed E-state index contributed by atoms with van der Waals surface area (Å²) in [4.78, 5) is 11.9. The standard InChI is InChI=1S/C14H12O2.C6H6O.C4H10O/c15-13(11-7-3-1-4-8-11)14(16)12-9-5-2-6-10-12;7-6-4-2-1-3-5-6;1-3-5-4-2/h1-10,13,15H;1-5,7H;3-4H2,1-2H3. The van der Waals surface area contributed by atoms with E-state index < -0.39 is 6.10 Å². The van der Waals surface area contributed by atoms with Gasteiger partial charge in [0.1, 0.15) is 11.9 Å². The van der Waals surface area contributed by atoms with Crippen LogP contribution in [0.5, 0.6) is 5.75 Å². The van der Waals surface area contributed by atoms with E-state index in [1.54, 1.807) is 72.8 Å². The predicted octanol–water partition coefficient (Wildman–Crippen LogP) is 5.04. The normalized spacial score (nSPS) is 10.5. The van der Waals surface area contributed by atoms with Crippen LogP contribution in [0.2, 0.25) is 0 Å². The van der Waals surface area contributed by atoms with Gasteiger partial charge in [0, 0.05) is 18.8 Å². The number of carbonyl (C=O) groups is 1. The zero-order valence-corrected chi connectivity index (χ0v) is 16.4. The molecule has 3 rings (SSSR count). The lowest BCUT2D eigenvalue weighted by Crippen LogP contribution is -2.11. The molecule has 148 valence electrons. The second-order valence-corrected chi connectivity index (χ2v) is 5.66. The molecule has 0 radical (unpaired) electrons. The summed E-state index contributed by atoms with van der Waals surface area (Å²) in [6, 6.07) is 26.5. The Balaban J connectivity index is 0.000000269. The minimum atomic E-state index is -1.08. The van der Waals surface area contributed by atoms with Crippen LogP contribution in [0.15, 0.2) is 91.0 Å². The van der Waals surface area contributed by atoms with Gasteiger partial charge in [0.25, 0.3) is 0 Å². The molecule has 3 aromatic carbocycles. The summed E-state index contributed by atoms with van der Waals surface area (Å²) in [6.45, 7) is 5.67. The second kappa shape index (κ2) is 14.2. The van der Waals surface area contributed by atoms with Gasteiger partial charge >= 0.3 is 0 Å². The topological polar surface area (TPSA) is 66.8 Å². The van der Waals surface area contributed by atoms with Gasteiger partial charge in [-0.15, -0.1) is 0 Å². The molecule has 0 aliphatic carbocycles. The first-order valence-electron chi connectivity index (χ1n) is 9.24. The third-order valence-corrected chi connectivity index (χ3v) is 3.59. The third-order valence-electron chi connectivity index (χ3n) is 3.59. The van der Waals surface area contributed by atoms with E-state index in [-0.39, 0.29) is 5.78 Å². The summed E-state index contributed by atoms with van der Waals surface area (Å²) >= 11 is 0. The smallest absolute Gasteiger partial charge is 0.195 e. The fourth-order valence-electron chi connectivity index (χ4n) is 2.18. The Hall–Kier alpha value is -2.95. The summed E-state index contributed by atoms with van der Waals surface area (Å²) in [7, 11) is 0. The van der Waals surface area contributed by atoms with Crippen molar-refractivity contribution in [2.75, 3.05) is 13.2 Å². The molecule has 4 heteroatoms. The fourth-order valence-corrected chi connectivity index (χ4v) is 2.18. The van der Waals surface area contributed by atoms with Crippen molar-refractivity contribution in [3.8, 4) is 5.75 Å². The molecule has 0 bridgehead atoms. The van der Waals surface area contributed by atoms with Gasteiger partial charge in [-0.05, 0) is 31.5 Å². The highest BCUT2D eigenvalue weighted by molar-refractivity contribution is 5.99. The average molecular weight is 380 g/mol. The van der Waals surface area contributed by atoms with Crippen LogP contribution >= 0.6 is 0 Å². The second-order valence-electron chi connectivity index (χ2n) is 5.66. The first-order valence-corrected chi connectivity index (χ1v) is 9.24. The van der Waals surface area contributed by atoms with E-state index in [4.69, 9.17) is 9.84 Å². The number of hydrogen-bond donors (Lipinski definition) is 2. The van der Waals surface area contributed by atoms with Crippen molar-refractivity contribution in [3.63, 3.8) is 0 Å². The molecule has 0 fully saturated rings. The number of rotatable bonds is 5. The molecule has 28 heavy (non-hydrogen) atoms. The molecule has 1 atom stereocenters. The Morgan fingerprint density at radius 1 is 0.786 bits per heavy atom. The number of ether oxygens (including phenoxy) is 1. The van der Waals surface area contributed by atoms with Crippen molar-refractivity contribution in [1.82, 2.24) is 0 Å². The van der Waals surface area contributed by atoms with Crippen molar-refractivity contribution in [3.05, 3.63) is 102 Å². The third kappa shape index (κ3) is 9.12. The van der Waals surface area contributed by atoms with Gasteiger partial charge in [-0.3, -0.25) is 4.79 Å². The summed E-state index contributed by atoms with van der Waals surface area (Å²) < 4.78 is 4.83. The van der Waals surface area contributed by atoms with E-state index in [2.05, 4.69) is 0 Å². The molecule has 3 aromatic rings. The van der Waals surface area contributed by atoms with E-state index in [1.807, 2.05) is 32.0 Å². The Morgan fingerprint density at radius 2 is 1.21 bits per heavy atom. The molecular weight excluding hydrogens is 352 g/mol. The Morgan fingerprint density at radius 3 is 1.57 bits per heavy atom. The van der Waals surface area contributed by atoms with Gasteiger partial charge in [0.15, 0.2) is 5.78 Å². The van der Waals surface area contributed by atoms with Crippen molar-refractivity contribution in [2.45, 2.75) is 20.0 Å². The molecule has 0 spiro atoms. The van der Waals surface area contributed by atoms with Crippen LogP contribution in [-0.4, -0.2) is 29.2 Å². The number of aliphatic hydroxyl groups is 1. The maximum atomic E-state index is 11.9. The highest BCUT2D eigenvalue weighted by Gasteiger charge is 2.18. The van der Waals surface area contributed by atoms with Crippen LogP contribution in [0.1, 0.15) is 35.9 Å². The molecule has 2 N–H and O–H groups in total. The lowest BCUT2D eigenvalue weighted by molar-refractivity contribution is 0.0747. The predicted molar refractivity (Wildman–Crippen MR) is 112 cm³/mol. The molecule has 0 saturated heterocycles. The van der Waals surface area contributed by atoms with Crippen LogP contribution in [0.4, 0.5) is 0 Å². The number of ketones is 1. The minimum Gasteiger partial charge on any atom is -0.508 e. The van der Waals surface area contributed by atoms with E-state index in [9.17, 15) is 9.90 Å².